The molecule has 3 heterocycles. The summed E-state index contributed by atoms with van der Waals surface area (Å²) in [6.07, 6.45) is 3.87. The Kier molecular flexibility index (Phi) is 5.42. The molecule has 0 aliphatic carbocycles. The molecule has 0 saturated carbocycles. The van der Waals surface area contributed by atoms with Crippen molar-refractivity contribution in [3.8, 4) is 0 Å². The number of ketones is 1. The van der Waals surface area contributed by atoms with Gasteiger partial charge in [0, 0.05) is 22.6 Å². The van der Waals surface area contributed by atoms with E-state index >= 15 is 0 Å². The Morgan fingerprint density at radius 3 is 2.35 bits per heavy atom. The lowest BCUT2D eigenvalue weighted by Gasteiger charge is -2.37. The minimum Gasteiger partial charge on any atom is -0.350 e. The summed E-state index contributed by atoms with van der Waals surface area (Å²) in [6.45, 7) is 0. The Morgan fingerprint density at radius 2 is 1.55 bits per heavy atom. The standard InChI is InChI=1S/C33H24FN3O3/c34-22-17-14-21(15-18-22)30(38)28-29(31(39)35-23-9-2-1-3-10-23)37-26-13-7-4-8-20(26)16-19-27(37)33(28)24-11-5-6-12-25(24)36-32(33)40/h1-19,27-29H,(H,35,39)(H,36,40)/t27-,28-,29+,33-/m1/s1. The number of fused-ring (bicyclic) bond motifs is 6. The first kappa shape index (κ1) is 24.0. The number of anilines is 3. The van der Waals surface area contributed by atoms with Crippen LogP contribution in [0, 0.1) is 11.7 Å². The fourth-order valence-electron chi connectivity index (χ4n) is 6.65. The summed E-state index contributed by atoms with van der Waals surface area (Å²) in [5.41, 5.74) is 2.31. The van der Waals surface area contributed by atoms with Crippen LogP contribution in [-0.4, -0.2) is 29.7 Å². The van der Waals surface area contributed by atoms with E-state index in [1.807, 2.05) is 83.8 Å². The highest BCUT2D eigenvalue weighted by molar-refractivity contribution is 6.17. The summed E-state index contributed by atoms with van der Waals surface area (Å²) in [5, 5.41) is 5.99. The predicted octanol–water partition coefficient (Wildman–Crippen LogP) is 5.44. The van der Waals surface area contributed by atoms with Crippen molar-refractivity contribution in [1.29, 1.82) is 0 Å². The van der Waals surface area contributed by atoms with Gasteiger partial charge in [-0.25, -0.2) is 4.39 Å². The lowest BCUT2D eigenvalue weighted by atomic mass is 9.64. The maximum atomic E-state index is 14.6. The molecule has 2 N–H and O–H groups in total. The number of amides is 2. The van der Waals surface area contributed by atoms with Crippen molar-refractivity contribution < 1.29 is 18.8 Å². The molecule has 1 saturated heterocycles. The first-order valence-corrected chi connectivity index (χ1v) is 13.1. The van der Waals surface area contributed by atoms with Gasteiger partial charge < -0.3 is 15.5 Å². The monoisotopic (exact) mass is 529 g/mol. The highest BCUT2D eigenvalue weighted by Gasteiger charge is 2.70. The van der Waals surface area contributed by atoms with Crippen molar-refractivity contribution >= 4 is 40.7 Å². The third kappa shape index (κ3) is 3.37. The topological polar surface area (TPSA) is 78.5 Å². The van der Waals surface area contributed by atoms with E-state index in [0.29, 0.717) is 16.9 Å². The Bertz CT molecular complexity index is 1700. The molecule has 40 heavy (non-hydrogen) atoms. The van der Waals surface area contributed by atoms with E-state index in [0.717, 1.165) is 11.3 Å². The summed E-state index contributed by atoms with van der Waals surface area (Å²) in [4.78, 5) is 45.0. The number of hydrogen-bond acceptors (Lipinski definition) is 4. The third-order valence-electron chi connectivity index (χ3n) is 8.26. The van der Waals surface area contributed by atoms with Crippen molar-refractivity contribution in [1.82, 2.24) is 0 Å². The van der Waals surface area contributed by atoms with Gasteiger partial charge in [-0.3, -0.25) is 14.4 Å². The Balaban J connectivity index is 1.49. The first-order chi connectivity index (χ1) is 19.5. The van der Waals surface area contributed by atoms with E-state index in [-0.39, 0.29) is 11.5 Å². The second-order valence-electron chi connectivity index (χ2n) is 10.3. The maximum absolute atomic E-state index is 14.6. The number of carbonyl (C=O) groups excluding carboxylic acids is 3. The average molecular weight is 530 g/mol. The molecule has 0 aromatic heterocycles. The molecule has 3 aliphatic rings. The van der Waals surface area contributed by atoms with Gasteiger partial charge in [0.15, 0.2) is 5.78 Å². The molecule has 1 fully saturated rings. The molecule has 2 amide bonds. The fraction of sp³-hybridized carbons (Fsp3) is 0.121. The van der Waals surface area contributed by atoms with Crippen LogP contribution in [0.3, 0.4) is 0 Å². The smallest absolute Gasteiger partial charge is 0.247 e. The largest absolute Gasteiger partial charge is 0.350 e. The van der Waals surface area contributed by atoms with Gasteiger partial charge in [-0.05, 0) is 59.7 Å². The fourth-order valence-corrected chi connectivity index (χ4v) is 6.65. The van der Waals surface area contributed by atoms with Gasteiger partial charge in [0.25, 0.3) is 0 Å². The average Bonchev–Trinajstić information content (AvgIpc) is 3.46. The molecule has 4 atom stereocenters. The number of rotatable bonds is 4. The van der Waals surface area contributed by atoms with Crippen LogP contribution >= 0.6 is 0 Å². The zero-order valence-electron chi connectivity index (χ0n) is 21.3. The quantitative estimate of drug-likeness (QED) is 0.345. The number of para-hydroxylation sites is 3. The Hall–Kier alpha value is -5.04. The van der Waals surface area contributed by atoms with E-state index in [1.165, 1.54) is 24.3 Å². The second-order valence-corrected chi connectivity index (χ2v) is 10.3. The number of nitrogens with one attached hydrogen (secondary N) is 2. The Labute approximate surface area is 230 Å². The van der Waals surface area contributed by atoms with Crippen LogP contribution in [0.5, 0.6) is 0 Å². The normalized spacial score (nSPS) is 23.8. The molecule has 7 rings (SSSR count). The third-order valence-corrected chi connectivity index (χ3v) is 8.26. The molecule has 0 unspecified atom stereocenters. The lowest BCUT2D eigenvalue weighted by Crippen LogP contribution is -2.51. The van der Waals surface area contributed by atoms with Crippen molar-refractivity contribution in [3.05, 3.63) is 132 Å². The van der Waals surface area contributed by atoms with Gasteiger partial charge in [0.1, 0.15) is 17.3 Å². The van der Waals surface area contributed by atoms with E-state index in [9.17, 15) is 18.8 Å². The summed E-state index contributed by atoms with van der Waals surface area (Å²) >= 11 is 0. The zero-order chi connectivity index (χ0) is 27.4. The van der Waals surface area contributed by atoms with Crippen LogP contribution in [-0.2, 0) is 15.0 Å². The van der Waals surface area contributed by atoms with Crippen molar-refractivity contribution in [2.24, 2.45) is 5.92 Å². The van der Waals surface area contributed by atoms with E-state index in [1.54, 1.807) is 12.1 Å². The van der Waals surface area contributed by atoms with E-state index < -0.39 is 40.9 Å². The SMILES string of the molecule is O=C(Nc1ccccc1)[C@@H]1[C@H](C(=O)c2ccc(F)cc2)[C@]2(C(=O)Nc3ccccc32)[C@H]2C=Cc3ccccc3N12. The van der Waals surface area contributed by atoms with Gasteiger partial charge in [-0.15, -0.1) is 0 Å². The molecule has 0 radical (unpaired) electrons. The molecule has 1 spiro atoms. The molecule has 3 aliphatic heterocycles. The zero-order valence-corrected chi connectivity index (χ0v) is 21.3. The van der Waals surface area contributed by atoms with Gasteiger partial charge in [-0.2, -0.15) is 0 Å². The summed E-state index contributed by atoms with van der Waals surface area (Å²) in [5.74, 6) is -2.75. The molecule has 0 bridgehead atoms. The summed E-state index contributed by atoms with van der Waals surface area (Å²) in [7, 11) is 0. The molecular formula is C33H24FN3O3. The van der Waals surface area contributed by atoms with Crippen LogP contribution in [0.1, 0.15) is 21.5 Å². The Morgan fingerprint density at radius 1 is 0.850 bits per heavy atom. The van der Waals surface area contributed by atoms with Crippen molar-refractivity contribution in [3.63, 3.8) is 0 Å². The van der Waals surface area contributed by atoms with Crippen LogP contribution < -0.4 is 15.5 Å². The number of nitrogens with zero attached hydrogens (tertiary/aromatic N) is 1. The lowest BCUT2D eigenvalue weighted by molar-refractivity contribution is -0.122. The molecule has 4 aromatic carbocycles. The van der Waals surface area contributed by atoms with Gasteiger partial charge in [-0.1, -0.05) is 66.7 Å². The van der Waals surface area contributed by atoms with Gasteiger partial charge in [0.2, 0.25) is 11.8 Å². The number of carbonyl (C=O) groups is 3. The van der Waals surface area contributed by atoms with E-state index in [2.05, 4.69) is 10.6 Å². The van der Waals surface area contributed by atoms with Crippen LogP contribution in [0.2, 0.25) is 0 Å². The summed E-state index contributed by atoms with van der Waals surface area (Å²) in [6, 6.07) is 27.6. The van der Waals surface area contributed by atoms with Crippen LogP contribution in [0.4, 0.5) is 21.5 Å². The summed E-state index contributed by atoms with van der Waals surface area (Å²) < 4.78 is 13.9. The number of Topliss-reactive ketones (excluding diaryl/α,β-unsaturated/α-hetero) is 1. The predicted molar refractivity (Wildman–Crippen MR) is 152 cm³/mol. The minimum absolute atomic E-state index is 0.234. The molecular weight excluding hydrogens is 505 g/mol. The van der Waals surface area contributed by atoms with Gasteiger partial charge >= 0.3 is 0 Å². The second kappa shape index (κ2) is 9.02. The van der Waals surface area contributed by atoms with Crippen LogP contribution in [0.25, 0.3) is 6.08 Å². The number of halogens is 1. The number of hydrogen-bond donors (Lipinski definition) is 2. The minimum atomic E-state index is -1.41. The molecule has 6 nitrogen and oxygen atoms in total. The van der Waals surface area contributed by atoms with Crippen LogP contribution in [0.15, 0.2) is 109 Å². The highest BCUT2D eigenvalue weighted by atomic mass is 19.1. The maximum Gasteiger partial charge on any atom is 0.247 e. The molecule has 196 valence electrons. The first-order valence-electron chi connectivity index (χ1n) is 13.1. The van der Waals surface area contributed by atoms with Crippen molar-refractivity contribution in [2.45, 2.75) is 17.5 Å². The van der Waals surface area contributed by atoms with E-state index in [4.69, 9.17) is 0 Å². The van der Waals surface area contributed by atoms with Gasteiger partial charge in [0.05, 0.1) is 12.0 Å². The number of benzene rings is 4. The molecule has 7 heteroatoms. The van der Waals surface area contributed by atoms with Crippen molar-refractivity contribution in [2.75, 3.05) is 15.5 Å². The molecule has 4 aromatic rings. The highest BCUT2D eigenvalue weighted by Crippen LogP contribution is 2.57.